The Hall–Kier alpha value is -1.91. The van der Waals surface area contributed by atoms with E-state index in [4.69, 9.17) is 0 Å². The predicted molar refractivity (Wildman–Crippen MR) is 67.3 cm³/mol. The number of nitrogens with zero attached hydrogens (tertiary/aromatic N) is 5. The first-order valence-electron chi connectivity index (χ1n) is 5.08. The van der Waals surface area contributed by atoms with Gasteiger partial charge >= 0.3 is 0 Å². The highest BCUT2D eigenvalue weighted by atomic mass is 15.4. The zero-order valence-electron chi connectivity index (χ0n) is 9.96. The summed E-state index contributed by atoms with van der Waals surface area (Å²) < 4.78 is 1.79. The van der Waals surface area contributed by atoms with Crippen LogP contribution in [0.5, 0.6) is 0 Å². The van der Waals surface area contributed by atoms with Crippen LogP contribution < -0.4 is 0 Å². The molecule has 86 valence electrons. The Kier molecular flexibility index (Phi) is 4.44. The Bertz CT molecular complexity index is 402. The van der Waals surface area contributed by atoms with Crippen molar-refractivity contribution in [2.45, 2.75) is 13.3 Å². The maximum absolute atomic E-state index is 4.15. The molecule has 0 N–H and O–H groups in total. The Balaban J connectivity index is 2.85. The lowest BCUT2D eigenvalue weighted by Gasteiger charge is -2.08. The molecule has 0 aliphatic rings. The average Bonchev–Trinajstić information content (AvgIpc) is 2.69. The van der Waals surface area contributed by atoms with Crippen LogP contribution in [-0.4, -0.2) is 34.9 Å². The van der Waals surface area contributed by atoms with Gasteiger partial charge in [0, 0.05) is 32.1 Å². The maximum atomic E-state index is 4.15. The number of allylic oxidation sites excluding steroid dienone is 1. The molecule has 0 aliphatic heterocycles. The maximum Gasteiger partial charge on any atom is 0.135 e. The Morgan fingerprint density at radius 2 is 2.44 bits per heavy atom. The van der Waals surface area contributed by atoms with Gasteiger partial charge in [-0.3, -0.25) is 14.7 Å². The molecule has 0 unspecified atom stereocenters. The van der Waals surface area contributed by atoms with Crippen molar-refractivity contribution in [1.82, 2.24) is 14.8 Å². The molecule has 0 bridgehead atoms. The van der Waals surface area contributed by atoms with E-state index in [1.165, 1.54) is 11.9 Å². The first-order valence-corrected chi connectivity index (χ1v) is 5.08. The van der Waals surface area contributed by atoms with Crippen LogP contribution >= 0.6 is 0 Å². The number of hydrogen-bond acceptors (Lipinski definition) is 3. The topological polar surface area (TPSA) is 45.8 Å². The van der Waals surface area contributed by atoms with Crippen molar-refractivity contribution in [2.75, 3.05) is 7.05 Å². The minimum Gasteiger partial charge on any atom is -0.275 e. The average molecular weight is 219 g/mol. The lowest BCUT2D eigenvalue weighted by molar-refractivity contribution is 0.493. The van der Waals surface area contributed by atoms with Gasteiger partial charge in [0.05, 0.1) is 6.20 Å². The van der Waals surface area contributed by atoms with Crippen molar-refractivity contribution in [2.24, 2.45) is 17.1 Å². The number of hydrogen-bond donors (Lipinski definition) is 0. The van der Waals surface area contributed by atoms with Gasteiger partial charge in [0.2, 0.25) is 0 Å². The van der Waals surface area contributed by atoms with Crippen LogP contribution in [0.2, 0.25) is 0 Å². The van der Waals surface area contributed by atoms with Crippen LogP contribution in [0, 0.1) is 0 Å². The van der Waals surface area contributed by atoms with Crippen LogP contribution in [0.25, 0.3) is 5.57 Å². The fourth-order valence-electron chi connectivity index (χ4n) is 1.33. The first-order chi connectivity index (χ1) is 7.67. The van der Waals surface area contributed by atoms with Crippen LogP contribution in [0.15, 0.2) is 28.7 Å². The fraction of sp³-hybridized carbons (Fsp3) is 0.364. The molecule has 0 saturated carbocycles. The van der Waals surface area contributed by atoms with E-state index < -0.39 is 0 Å². The number of aromatic nitrogens is 2. The minimum absolute atomic E-state index is 0.924. The van der Waals surface area contributed by atoms with Gasteiger partial charge in [0.1, 0.15) is 6.34 Å². The molecule has 0 aliphatic carbocycles. The molecule has 0 aromatic carbocycles. The van der Waals surface area contributed by atoms with Crippen LogP contribution in [0.4, 0.5) is 0 Å². The zero-order valence-corrected chi connectivity index (χ0v) is 9.96. The molecule has 1 aromatic heterocycles. The molecule has 1 rings (SSSR count). The molecular weight excluding hydrogens is 202 g/mol. The summed E-state index contributed by atoms with van der Waals surface area (Å²) >= 11 is 0. The van der Waals surface area contributed by atoms with E-state index in [9.17, 15) is 0 Å². The third-order valence-electron chi connectivity index (χ3n) is 2.11. The summed E-state index contributed by atoms with van der Waals surface area (Å²) in [6, 6.07) is 0. The van der Waals surface area contributed by atoms with Gasteiger partial charge in [-0.25, -0.2) is 0 Å². The van der Waals surface area contributed by atoms with Crippen molar-refractivity contribution < 1.29 is 0 Å². The quantitative estimate of drug-likeness (QED) is 0.430. The lowest BCUT2D eigenvalue weighted by Crippen LogP contribution is -2.02. The standard InChI is InChI=1S/C11H17N5/c1-5-10(7-16(4)14-9-12-2)11-6-13-15(3)8-11/h6-9H,2,5H2,1,3-4H3/b10-7+,14-9-. The monoisotopic (exact) mass is 219 g/mol. The molecule has 0 atom stereocenters. The van der Waals surface area contributed by atoms with E-state index >= 15 is 0 Å². The van der Waals surface area contributed by atoms with Gasteiger partial charge in [-0.05, 0) is 18.7 Å². The summed E-state index contributed by atoms with van der Waals surface area (Å²) in [5, 5.41) is 9.89. The summed E-state index contributed by atoms with van der Waals surface area (Å²) in [6.45, 7) is 5.43. The van der Waals surface area contributed by atoms with Gasteiger partial charge < -0.3 is 0 Å². The fourth-order valence-corrected chi connectivity index (χ4v) is 1.33. The summed E-state index contributed by atoms with van der Waals surface area (Å²) in [5.74, 6) is 0. The highest BCUT2D eigenvalue weighted by Gasteiger charge is 2.02. The highest BCUT2D eigenvalue weighted by Crippen LogP contribution is 2.17. The van der Waals surface area contributed by atoms with Gasteiger partial charge in [-0.2, -0.15) is 10.2 Å². The van der Waals surface area contributed by atoms with Gasteiger partial charge in [0.15, 0.2) is 0 Å². The number of hydrazone groups is 1. The van der Waals surface area contributed by atoms with Crippen LogP contribution in [-0.2, 0) is 7.05 Å². The van der Waals surface area contributed by atoms with Gasteiger partial charge in [-0.15, -0.1) is 0 Å². The van der Waals surface area contributed by atoms with Crippen LogP contribution in [0.1, 0.15) is 18.9 Å². The largest absolute Gasteiger partial charge is 0.275 e. The van der Waals surface area contributed by atoms with E-state index in [1.54, 1.807) is 9.69 Å². The van der Waals surface area contributed by atoms with Crippen molar-refractivity contribution in [3.63, 3.8) is 0 Å². The second-order valence-corrected chi connectivity index (χ2v) is 3.40. The molecule has 1 heterocycles. The second-order valence-electron chi connectivity index (χ2n) is 3.40. The normalized spacial score (nSPS) is 12.1. The summed E-state index contributed by atoms with van der Waals surface area (Å²) in [6.07, 6.45) is 8.12. The van der Waals surface area contributed by atoms with E-state index in [-0.39, 0.29) is 0 Å². The third-order valence-corrected chi connectivity index (χ3v) is 2.11. The smallest absolute Gasteiger partial charge is 0.135 e. The molecule has 0 amide bonds. The molecular formula is C11H17N5. The molecule has 5 nitrogen and oxygen atoms in total. The van der Waals surface area contributed by atoms with Gasteiger partial charge in [0.25, 0.3) is 0 Å². The third kappa shape index (κ3) is 3.34. The summed E-state index contributed by atoms with van der Waals surface area (Å²) in [5.41, 5.74) is 2.29. The molecule has 0 spiro atoms. The highest BCUT2D eigenvalue weighted by molar-refractivity contribution is 5.64. The van der Waals surface area contributed by atoms with E-state index in [0.29, 0.717) is 0 Å². The molecule has 0 fully saturated rings. The van der Waals surface area contributed by atoms with Crippen LogP contribution in [0.3, 0.4) is 0 Å². The molecule has 16 heavy (non-hydrogen) atoms. The van der Waals surface area contributed by atoms with E-state index in [1.807, 2.05) is 32.7 Å². The van der Waals surface area contributed by atoms with Crippen molar-refractivity contribution in [1.29, 1.82) is 0 Å². The molecule has 5 heteroatoms. The van der Waals surface area contributed by atoms with E-state index in [0.717, 1.165) is 12.0 Å². The minimum atomic E-state index is 0.924. The zero-order chi connectivity index (χ0) is 12.0. The number of aliphatic imine (C=N–C) groups is 1. The van der Waals surface area contributed by atoms with Crippen molar-refractivity contribution in [3.05, 3.63) is 24.2 Å². The lowest BCUT2D eigenvalue weighted by atomic mass is 10.1. The second kappa shape index (κ2) is 5.85. The van der Waals surface area contributed by atoms with Crippen molar-refractivity contribution in [3.8, 4) is 0 Å². The summed E-state index contributed by atoms with van der Waals surface area (Å²) in [7, 11) is 3.76. The first kappa shape index (κ1) is 12.2. The molecule has 0 radical (unpaired) electrons. The Morgan fingerprint density at radius 3 is 2.94 bits per heavy atom. The number of rotatable bonds is 5. The SMILES string of the molecule is C=N/C=N\N(C)/C=C(\CC)c1cnn(C)c1. The Labute approximate surface area is 95.8 Å². The predicted octanol–water partition coefficient (Wildman–Crippen LogP) is 1.75. The molecule has 0 saturated heterocycles. The molecule has 1 aromatic rings. The Morgan fingerprint density at radius 1 is 1.69 bits per heavy atom. The summed E-state index contributed by atoms with van der Waals surface area (Å²) in [4.78, 5) is 3.56. The van der Waals surface area contributed by atoms with E-state index in [2.05, 4.69) is 28.8 Å². The van der Waals surface area contributed by atoms with Gasteiger partial charge in [-0.1, -0.05) is 6.92 Å². The number of aryl methyl sites for hydroxylation is 1. The van der Waals surface area contributed by atoms with Crippen molar-refractivity contribution >= 4 is 18.6 Å².